The summed E-state index contributed by atoms with van der Waals surface area (Å²) < 4.78 is 15.3. The van der Waals surface area contributed by atoms with E-state index in [2.05, 4.69) is 18.8 Å². The standard InChI is InChI=1S/C14H18FN3S/c1-9(2)13-14(17-12(8-16)18(13)3)19-11-6-4-5-10(15)7-11/h4-7,9H,8,16H2,1-3H3. The molecule has 0 unspecified atom stereocenters. The first-order valence-corrected chi connectivity index (χ1v) is 7.03. The molecule has 1 heterocycles. The molecule has 0 aliphatic heterocycles. The fraction of sp³-hybridized carbons (Fsp3) is 0.357. The van der Waals surface area contributed by atoms with Crippen molar-refractivity contribution in [3.63, 3.8) is 0 Å². The van der Waals surface area contributed by atoms with Gasteiger partial charge in [0.15, 0.2) is 0 Å². The van der Waals surface area contributed by atoms with Crippen molar-refractivity contribution in [2.24, 2.45) is 12.8 Å². The predicted molar refractivity (Wildman–Crippen MR) is 75.7 cm³/mol. The molecule has 0 radical (unpaired) electrons. The van der Waals surface area contributed by atoms with Crippen LogP contribution in [-0.2, 0) is 13.6 Å². The highest BCUT2D eigenvalue weighted by Gasteiger charge is 2.17. The Morgan fingerprint density at radius 3 is 2.74 bits per heavy atom. The fourth-order valence-corrected chi connectivity index (χ4v) is 3.24. The summed E-state index contributed by atoms with van der Waals surface area (Å²) in [6.07, 6.45) is 0. The van der Waals surface area contributed by atoms with Crippen molar-refractivity contribution in [1.82, 2.24) is 9.55 Å². The van der Waals surface area contributed by atoms with Crippen LogP contribution in [0.5, 0.6) is 0 Å². The van der Waals surface area contributed by atoms with Gasteiger partial charge in [-0.3, -0.25) is 0 Å². The molecule has 0 saturated heterocycles. The molecule has 2 rings (SSSR count). The highest BCUT2D eigenvalue weighted by molar-refractivity contribution is 7.99. The van der Waals surface area contributed by atoms with Crippen LogP contribution in [0, 0.1) is 5.82 Å². The molecule has 1 aromatic heterocycles. The van der Waals surface area contributed by atoms with Gasteiger partial charge in [-0.25, -0.2) is 9.37 Å². The van der Waals surface area contributed by atoms with Gasteiger partial charge >= 0.3 is 0 Å². The molecule has 0 atom stereocenters. The van der Waals surface area contributed by atoms with E-state index in [1.807, 2.05) is 17.7 Å². The van der Waals surface area contributed by atoms with Gasteiger partial charge in [0.05, 0.1) is 12.2 Å². The minimum Gasteiger partial charge on any atom is -0.333 e. The number of benzene rings is 1. The summed E-state index contributed by atoms with van der Waals surface area (Å²) in [6, 6.07) is 6.55. The Kier molecular flexibility index (Phi) is 4.27. The average Bonchev–Trinajstić information content (AvgIpc) is 2.65. The van der Waals surface area contributed by atoms with Crippen LogP contribution in [0.1, 0.15) is 31.3 Å². The first-order chi connectivity index (χ1) is 9.02. The van der Waals surface area contributed by atoms with Crippen LogP contribution in [0.4, 0.5) is 4.39 Å². The van der Waals surface area contributed by atoms with Crippen LogP contribution >= 0.6 is 11.8 Å². The lowest BCUT2D eigenvalue weighted by Crippen LogP contribution is -2.07. The van der Waals surface area contributed by atoms with Gasteiger partial charge in [0, 0.05) is 11.9 Å². The predicted octanol–water partition coefficient (Wildman–Crippen LogP) is 3.29. The quantitative estimate of drug-likeness (QED) is 0.934. The van der Waals surface area contributed by atoms with Gasteiger partial charge in [-0.05, 0) is 24.1 Å². The van der Waals surface area contributed by atoms with Crippen molar-refractivity contribution in [2.75, 3.05) is 0 Å². The smallest absolute Gasteiger partial charge is 0.124 e. The van der Waals surface area contributed by atoms with E-state index >= 15 is 0 Å². The highest BCUT2D eigenvalue weighted by atomic mass is 32.2. The van der Waals surface area contributed by atoms with Crippen molar-refractivity contribution >= 4 is 11.8 Å². The number of nitrogens with two attached hydrogens (primary N) is 1. The van der Waals surface area contributed by atoms with Crippen LogP contribution in [0.3, 0.4) is 0 Å². The van der Waals surface area contributed by atoms with Crippen LogP contribution < -0.4 is 5.73 Å². The van der Waals surface area contributed by atoms with Crippen molar-refractivity contribution in [1.29, 1.82) is 0 Å². The maximum Gasteiger partial charge on any atom is 0.124 e. The molecule has 0 spiro atoms. The van der Waals surface area contributed by atoms with Gasteiger partial charge in [0.1, 0.15) is 16.7 Å². The van der Waals surface area contributed by atoms with E-state index in [1.54, 1.807) is 6.07 Å². The Morgan fingerprint density at radius 1 is 1.42 bits per heavy atom. The molecule has 0 fully saturated rings. The van der Waals surface area contributed by atoms with E-state index in [4.69, 9.17) is 5.73 Å². The average molecular weight is 279 g/mol. The van der Waals surface area contributed by atoms with Crippen LogP contribution in [-0.4, -0.2) is 9.55 Å². The van der Waals surface area contributed by atoms with E-state index < -0.39 is 0 Å². The zero-order valence-electron chi connectivity index (χ0n) is 11.4. The summed E-state index contributed by atoms with van der Waals surface area (Å²) in [5.74, 6) is 0.961. The SMILES string of the molecule is CC(C)c1c(Sc2cccc(F)c2)nc(CN)n1C. The third-order valence-corrected chi connectivity index (χ3v) is 3.92. The third-order valence-electron chi connectivity index (χ3n) is 2.94. The lowest BCUT2D eigenvalue weighted by molar-refractivity contribution is 0.624. The first kappa shape index (κ1) is 14.1. The summed E-state index contributed by atoms with van der Waals surface area (Å²) in [5, 5.41) is 0.906. The van der Waals surface area contributed by atoms with Gasteiger partial charge in [0.2, 0.25) is 0 Å². The number of halogens is 1. The molecule has 5 heteroatoms. The molecule has 0 aliphatic rings. The first-order valence-electron chi connectivity index (χ1n) is 6.22. The van der Waals surface area contributed by atoms with E-state index in [0.29, 0.717) is 12.5 Å². The largest absolute Gasteiger partial charge is 0.333 e. The highest BCUT2D eigenvalue weighted by Crippen LogP contribution is 2.33. The van der Waals surface area contributed by atoms with Crippen molar-refractivity contribution < 1.29 is 4.39 Å². The van der Waals surface area contributed by atoms with Crippen molar-refractivity contribution in [2.45, 2.75) is 36.2 Å². The van der Waals surface area contributed by atoms with Crippen LogP contribution in [0.15, 0.2) is 34.2 Å². The number of hydrogen-bond donors (Lipinski definition) is 1. The Morgan fingerprint density at radius 2 is 2.16 bits per heavy atom. The number of aromatic nitrogens is 2. The lowest BCUT2D eigenvalue weighted by atomic mass is 10.1. The van der Waals surface area contributed by atoms with Gasteiger partial charge in [-0.15, -0.1) is 0 Å². The minimum atomic E-state index is -0.230. The van der Waals surface area contributed by atoms with Crippen molar-refractivity contribution in [3.05, 3.63) is 41.6 Å². The summed E-state index contributed by atoms with van der Waals surface area (Å²) in [7, 11) is 1.97. The minimum absolute atomic E-state index is 0.230. The van der Waals surface area contributed by atoms with E-state index in [1.165, 1.54) is 23.9 Å². The van der Waals surface area contributed by atoms with E-state index in [0.717, 1.165) is 21.4 Å². The monoisotopic (exact) mass is 279 g/mol. The Hall–Kier alpha value is -1.33. The van der Waals surface area contributed by atoms with E-state index in [9.17, 15) is 4.39 Å². The molecule has 1 aromatic carbocycles. The third kappa shape index (κ3) is 2.98. The summed E-state index contributed by atoms with van der Waals surface area (Å²) in [4.78, 5) is 5.40. The number of imidazole rings is 1. The van der Waals surface area contributed by atoms with Gasteiger partial charge in [0.25, 0.3) is 0 Å². The van der Waals surface area contributed by atoms with Gasteiger partial charge in [-0.1, -0.05) is 31.7 Å². The summed E-state index contributed by atoms with van der Waals surface area (Å²) >= 11 is 1.48. The van der Waals surface area contributed by atoms with Crippen LogP contribution in [0.2, 0.25) is 0 Å². The molecule has 19 heavy (non-hydrogen) atoms. The van der Waals surface area contributed by atoms with E-state index in [-0.39, 0.29) is 5.82 Å². The maximum atomic E-state index is 13.2. The fourth-order valence-electron chi connectivity index (χ4n) is 2.07. The molecule has 3 nitrogen and oxygen atoms in total. The normalized spacial score (nSPS) is 11.3. The molecular weight excluding hydrogens is 261 g/mol. The van der Waals surface area contributed by atoms with Crippen molar-refractivity contribution in [3.8, 4) is 0 Å². The molecule has 0 saturated carbocycles. The Bertz CT molecular complexity index is 578. The molecule has 0 bridgehead atoms. The number of nitrogens with zero attached hydrogens (tertiary/aromatic N) is 2. The Labute approximate surface area is 117 Å². The molecule has 2 aromatic rings. The second-order valence-electron chi connectivity index (χ2n) is 4.70. The second-order valence-corrected chi connectivity index (χ2v) is 5.76. The van der Waals surface area contributed by atoms with Crippen LogP contribution in [0.25, 0.3) is 0 Å². The molecule has 0 amide bonds. The number of rotatable bonds is 4. The molecule has 0 aliphatic carbocycles. The lowest BCUT2D eigenvalue weighted by Gasteiger charge is -2.10. The second kappa shape index (κ2) is 5.75. The number of hydrogen-bond acceptors (Lipinski definition) is 3. The molecule has 102 valence electrons. The zero-order valence-corrected chi connectivity index (χ0v) is 12.2. The maximum absolute atomic E-state index is 13.2. The molecular formula is C14H18FN3S. The van der Waals surface area contributed by atoms with Gasteiger partial charge in [-0.2, -0.15) is 0 Å². The van der Waals surface area contributed by atoms with Gasteiger partial charge < -0.3 is 10.3 Å². The summed E-state index contributed by atoms with van der Waals surface area (Å²) in [6.45, 7) is 4.64. The summed E-state index contributed by atoms with van der Waals surface area (Å²) in [5.41, 5.74) is 6.83. The topological polar surface area (TPSA) is 43.8 Å². The molecule has 2 N–H and O–H groups in total. The zero-order chi connectivity index (χ0) is 14.0. The Balaban J connectivity index is 2.39.